The van der Waals surface area contributed by atoms with E-state index in [1.165, 1.54) is 0 Å². The van der Waals surface area contributed by atoms with Crippen molar-refractivity contribution in [2.75, 3.05) is 20.3 Å². The lowest BCUT2D eigenvalue weighted by Gasteiger charge is -2.17. The first-order valence-corrected chi connectivity index (χ1v) is 7.37. The molecule has 0 fully saturated rings. The van der Waals surface area contributed by atoms with Crippen molar-refractivity contribution in [3.63, 3.8) is 0 Å². The van der Waals surface area contributed by atoms with Crippen LogP contribution in [0, 0.1) is 0 Å². The first kappa shape index (κ1) is 13.8. The van der Waals surface area contributed by atoms with Crippen LogP contribution in [0.25, 0.3) is 11.0 Å². The molecule has 0 aliphatic carbocycles. The zero-order valence-corrected chi connectivity index (χ0v) is 12.7. The predicted molar refractivity (Wildman–Crippen MR) is 84.4 cm³/mol. The topological polar surface area (TPSA) is 65.6 Å². The van der Waals surface area contributed by atoms with E-state index in [0.717, 1.165) is 28.4 Å². The van der Waals surface area contributed by atoms with Crippen molar-refractivity contribution in [1.29, 1.82) is 0 Å². The van der Waals surface area contributed by atoms with Crippen LogP contribution < -0.4 is 18.9 Å². The molecular weight excluding hydrogens is 296 g/mol. The van der Waals surface area contributed by atoms with Crippen molar-refractivity contribution in [3.05, 3.63) is 42.2 Å². The maximum atomic E-state index is 5.79. The molecule has 0 amide bonds. The molecule has 0 atom stereocenters. The molecule has 0 unspecified atom stereocenters. The number of methoxy groups -OCH3 is 1. The standard InChI is InChI=1S/C17H16N2O4/c1-20-13-4-2-3-5-14(13)23-10-17-18-11-8-15-16(9-12(11)19-17)22-7-6-21-15/h2-5,8-9H,6-7,10H2,1H3,(H,18,19). The molecule has 1 aliphatic rings. The van der Waals surface area contributed by atoms with Gasteiger partial charge in [0.05, 0.1) is 18.1 Å². The Balaban J connectivity index is 1.57. The molecule has 1 aromatic heterocycles. The number of benzene rings is 2. The van der Waals surface area contributed by atoms with Gasteiger partial charge < -0.3 is 23.9 Å². The molecule has 0 spiro atoms. The van der Waals surface area contributed by atoms with Crippen LogP contribution in [-0.2, 0) is 6.61 Å². The zero-order valence-electron chi connectivity index (χ0n) is 12.7. The molecule has 1 aliphatic heterocycles. The molecule has 3 aromatic rings. The average molecular weight is 312 g/mol. The molecular formula is C17H16N2O4. The summed E-state index contributed by atoms with van der Waals surface area (Å²) in [4.78, 5) is 7.78. The summed E-state index contributed by atoms with van der Waals surface area (Å²) in [6, 6.07) is 11.3. The van der Waals surface area contributed by atoms with E-state index >= 15 is 0 Å². The van der Waals surface area contributed by atoms with E-state index < -0.39 is 0 Å². The Morgan fingerprint density at radius 1 is 1.09 bits per heavy atom. The minimum Gasteiger partial charge on any atom is -0.493 e. The Morgan fingerprint density at radius 3 is 2.61 bits per heavy atom. The number of nitrogens with zero attached hydrogens (tertiary/aromatic N) is 1. The minimum atomic E-state index is 0.321. The number of rotatable bonds is 4. The summed E-state index contributed by atoms with van der Waals surface area (Å²) in [5, 5.41) is 0. The van der Waals surface area contributed by atoms with Crippen molar-refractivity contribution >= 4 is 11.0 Å². The number of aromatic nitrogens is 2. The third-order valence-corrected chi connectivity index (χ3v) is 3.63. The second-order valence-electron chi connectivity index (χ2n) is 5.14. The Morgan fingerprint density at radius 2 is 1.83 bits per heavy atom. The van der Waals surface area contributed by atoms with Crippen molar-refractivity contribution in [1.82, 2.24) is 9.97 Å². The van der Waals surface area contributed by atoms with E-state index in [1.807, 2.05) is 36.4 Å². The van der Waals surface area contributed by atoms with Crippen molar-refractivity contribution < 1.29 is 18.9 Å². The van der Waals surface area contributed by atoms with Gasteiger partial charge in [0, 0.05) is 12.1 Å². The van der Waals surface area contributed by atoms with E-state index in [1.54, 1.807) is 7.11 Å². The van der Waals surface area contributed by atoms with E-state index in [9.17, 15) is 0 Å². The van der Waals surface area contributed by atoms with Crippen LogP contribution in [0.15, 0.2) is 36.4 Å². The van der Waals surface area contributed by atoms with Gasteiger partial charge in [-0.25, -0.2) is 4.98 Å². The van der Waals surface area contributed by atoms with Crippen LogP contribution in [0.4, 0.5) is 0 Å². The fourth-order valence-corrected chi connectivity index (χ4v) is 2.55. The summed E-state index contributed by atoms with van der Waals surface area (Å²) in [7, 11) is 1.62. The van der Waals surface area contributed by atoms with Gasteiger partial charge >= 0.3 is 0 Å². The maximum absolute atomic E-state index is 5.79. The van der Waals surface area contributed by atoms with Gasteiger partial charge in [-0.2, -0.15) is 0 Å². The van der Waals surface area contributed by atoms with Crippen LogP contribution in [0.5, 0.6) is 23.0 Å². The summed E-state index contributed by atoms with van der Waals surface area (Å²) in [6.45, 7) is 1.45. The molecule has 0 bridgehead atoms. The normalized spacial score (nSPS) is 13.1. The molecule has 6 heteroatoms. The summed E-state index contributed by atoms with van der Waals surface area (Å²) >= 11 is 0. The zero-order chi connectivity index (χ0) is 15.6. The van der Waals surface area contributed by atoms with Gasteiger partial charge in [0.1, 0.15) is 25.6 Å². The molecule has 0 radical (unpaired) electrons. The first-order chi connectivity index (χ1) is 11.3. The van der Waals surface area contributed by atoms with E-state index in [4.69, 9.17) is 18.9 Å². The molecule has 1 N–H and O–H groups in total. The van der Waals surface area contributed by atoms with E-state index in [2.05, 4.69) is 9.97 Å². The van der Waals surface area contributed by atoms with Crippen LogP contribution in [0.2, 0.25) is 0 Å². The number of ether oxygens (including phenoxy) is 4. The molecule has 6 nitrogen and oxygen atoms in total. The van der Waals surface area contributed by atoms with Gasteiger partial charge in [0.25, 0.3) is 0 Å². The van der Waals surface area contributed by atoms with E-state index in [0.29, 0.717) is 31.3 Å². The number of H-pyrrole nitrogens is 1. The lowest BCUT2D eigenvalue weighted by atomic mass is 10.2. The highest BCUT2D eigenvalue weighted by molar-refractivity contribution is 5.79. The Bertz CT molecular complexity index is 801. The molecule has 4 rings (SSSR count). The number of aromatic amines is 1. The fraction of sp³-hybridized carbons (Fsp3) is 0.235. The number of nitrogens with one attached hydrogen (secondary N) is 1. The number of imidazole rings is 1. The Hall–Kier alpha value is -2.89. The fourth-order valence-electron chi connectivity index (χ4n) is 2.55. The molecule has 0 saturated heterocycles. The molecule has 2 heterocycles. The third-order valence-electron chi connectivity index (χ3n) is 3.63. The lowest BCUT2D eigenvalue weighted by Crippen LogP contribution is -2.15. The van der Waals surface area contributed by atoms with Gasteiger partial charge in [-0.3, -0.25) is 0 Å². The second kappa shape index (κ2) is 5.72. The monoisotopic (exact) mass is 312 g/mol. The Kier molecular flexibility index (Phi) is 3.42. The van der Waals surface area contributed by atoms with Crippen molar-refractivity contribution in [2.45, 2.75) is 6.61 Å². The highest BCUT2D eigenvalue weighted by Gasteiger charge is 2.15. The number of hydrogen-bond acceptors (Lipinski definition) is 5. The number of fused-ring (bicyclic) bond motifs is 2. The molecule has 2 aromatic carbocycles. The SMILES string of the molecule is COc1ccccc1OCc1nc2cc3c(cc2[nH]1)OCCO3. The number of para-hydroxylation sites is 2. The third kappa shape index (κ3) is 2.63. The number of hydrogen-bond donors (Lipinski definition) is 1. The predicted octanol–water partition coefficient (Wildman–Crippen LogP) is 2.92. The second-order valence-corrected chi connectivity index (χ2v) is 5.14. The minimum absolute atomic E-state index is 0.321. The van der Waals surface area contributed by atoms with Gasteiger partial charge in [0.15, 0.2) is 23.0 Å². The van der Waals surface area contributed by atoms with Gasteiger partial charge in [-0.05, 0) is 12.1 Å². The van der Waals surface area contributed by atoms with Crippen LogP contribution in [-0.4, -0.2) is 30.3 Å². The smallest absolute Gasteiger partial charge is 0.163 e. The van der Waals surface area contributed by atoms with Gasteiger partial charge in [-0.1, -0.05) is 12.1 Å². The summed E-state index contributed by atoms with van der Waals surface area (Å²) in [6.07, 6.45) is 0. The van der Waals surface area contributed by atoms with Gasteiger partial charge in [-0.15, -0.1) is 0 Å². The average Bonchev–Trinajstić information content (AvgIpc) is 2.99. The van der Waals surface area contributed by atoms with Crippen LogP contribution in [0.3, 0.4) is 0 Å². The van der Waals surface area contributed by atoms with Gasteiger partial charge in [0.2, 0.25) is 0 Å². The maximum Gasteiger partial charge on any atom is 0.163 e. The summed E-state index contributed by atoms with van der Waals surface area (Å²) in [5.41, 5.74) is 1.72. The first-order valence-electron chi connectivity index (χ1n) is 7.37. The highest BCUT2D eigenvalue weighted by atomic mass is 16.6. The Labute approximate surface area is 133 Å². The molecule has 23 heavy (non-hydrogen) atoms. The van der Waals surface area contributed by atoms with Crippen molar-refractivity contribution in [2.24, 2.45) is 0 Å². The molecule has 0 saturated carbocycles. The largest absolute Gasteiger partial charge is 0.493 e. The van der Waals surface area contributed by atoms with Crippen LogP contribution >= 0.6 is 0 Å². The highest BCUT2D eigenvalue weighted by Crippen LogP contribution is 2.34. The quantitative estimate of drug-likeness (QED) is 0.802. The summed E-state index contributed by atoms with van der Waals surface area (Å²) in [5.74, 6) is 3.58. The van der Waals surface area contributed by atoms with Crippen molar-refractivity contribution in [3.8, 4) is 23.0 Å². The van der Waals surface area contributed by atoms with E-state index in [-0.39, 0.29) is 0 Å². The van der Waals surface area contributed by atoms with Crippen LogP contribution in [0.1, 0.15) is 5.82 Å². The summed E-state index contributed by atoms with van der Waals surface area (Å²) < 4.78 is 22.2. The lowest BCUT2D eigenvalue weighted by molar-refractivity contribution is 0.172. The molecule has 118 valence electrons.